The summed E-state index contributed by atoms with van der Waals surface area (Å²) >= 11 is 0. The Morgan fingerprint density at radius 3 is 2.14 bits per heavy atom. The first-order chi connectivity index (χ1) is 21.3. The molecule has 0 aliphatic heterocycles. The van der Waals surface area contributed by atoms with Crippen molar-refractivity contribution in [1.29, 1.82) is 0 Å². The number of rotatable bonds is 5. The van der Waals surface area contributed by atoms with Crippen molar-refractivity contribution in [3.63, 3.8) is 0 Å². The molecule has 0 unspecified atom stereocenters. The van der Waals surface area contributed by atoms with Crippen LogP contribution in [-0.2, 0) is 5.41 Å². The summed E-state index contributed by atoms with van der Waals surface area (Å²) in [7, 11) is 0. The molecule has 0 atom stereocenters. The van der Waals surface area contributed by atoms with Crippen LogP contribution in [0.5, 0.6) is 0 Å². The third kappa shape index (κ3) is 5.09. The van der Waals surface area contributed by atoms with Crippen LogP contribution in [0.4, 0.5) is 5.69 Å². The van der Waals surface area contributed by atoms with E-state index in [1.807, 2.05) is 30.5 Å². The Balaban J connectivity index is 1.35. The minimum Gasteiger partial charge on any atom is -0.436 e. The molecule has 216 valence electrons. The molecule has 0 aliphatic rings. The molecule has 1 aromatic heterocycles. The Labute approximate surface area is 258 Å². The first-order valence-electron chi connectivity index (χ1n) is 15.4. The van der Waals surface area contributed by atoms with Gasteiger partial charge in [0.25, 0.3) is 0 Å². The van der Waals surface area contributed by atoms with Gasteiger partial charge in [-0.2, -0.15) is 0 Å². The predicted octanol–water partition coefficient (Wildman–Crippen LogP) is 11.6. The maximum absolute atomic E-state index is 6.55. The molecular formula is C41H36N2O. The molecule has 3 nitrogen and oxygen atoms in total. The lowest BCUT2D eigenvalue weighted by Crippen LogP contribution is -2.11. The minimum atomic E-state index is -0.0431. The summed E-state index contributed by atoms with van der Waals surface area (Å²) in [5.74, 6) is 1.05. The number of nitrogens with zero attached hydrogens (tertiary/aromatic N) is 2. The highest BCUT2D eigenvalue weighted by atomic mass is 16.3. The Bertz CT molecular complexity index is 2180. The number of aromatic nitrogens is 1. The van der Waals surface area contributed by atoms with Gasteiger partial charge >= 0.3 is 0 Å². The van der Waals surface area contributed by atoms with Crippen LogP contribution in [0.1, 0.15) is 57.2 Å². The fourth-order valence-corrected chi connectivity index (χ4v) is 5.94. The van der Waals surface area contributed by atoms with Crippen molar-refractivity contribution in [2.75, 3.05) is 0 Å². The molecule has 0 saturated heterocycles. The summed E-state index contributed by atoms with van der Waals surface area (Å²) in [6.07, 6.45) is 1.97. The molecule has 0 saturated carbocycles. The Kier molecular flexibility index (Phi) is 6.89. The number of oxazole rings is 1. The van der Waals surface area contributed by atoms with E-state index in [2.05, 4.69) is 126 Å². The molecule has 0 N–H and O–H groups in total. The predicted molar refractivity (Wildman–Crippen MR) is 186 cm³/mol. The van der Waals surface area contributed by atoms with Gasteiger partial charge in [0.2, 0.25) is 5.89 Å². The van der Waals surface area contributed by atoms with Gasteiger partial charge in [-0.25, -0.2) is 4.98 Å². The second-order valence-corrected chi connectivity index (χ2v) is 12.9. The molecule has 7 rings (SSSR count). The number of aliphatic imine (C=N–C) groups is 1. The van der Waals surface area contributed by atoms with E-state index < -0.39 is 0 Å². The average molecular weight is 573 g/mol. The number of benzene rings is 6. The van der Waals surface area contributed by atoms with Gasteiger partial charge in [0.15, 0.2) is 5.58 Å². The summed E-state index contributed by atoms with van der Waals surface area (Å²) in [6, 6.07) is 40.6. The van der Waals surface area contributed by atoms with Crippen LogP contribution >= 0.6 is 0 Å². The van der Waals surface area contributed by atoms with E-state index >= 15 is 0 Å². The van der Waals surface area contributed by atoms with Crippen molar-refractivity contribution in [2.45, 2.75) is 46.0 Å². The van der Waals surface area contributed by atoms with Gasteiger partial charge in [0.05, 0.1) is 11.3 Å². The largest absolute Gasteiger partial charge is 0.436 e. The van der Waals surface area contributed by atoms with Crippen molar-refractivity contribution in [3.05, 3.63) is 132 Å². The van der Waals surface area contributed by atoms with Gasteiger partial charge in [0, 0.05) is 17.3 Å². The standard InChI is InChI=1S/C41H36N2O/c1-26(2)27-18-20-28(21-19-27)36-23-31(41(3,4)5)24-38-39(36)43-40(44-38)35-16-10-11-17-37(35)42-25-30-22-29-12-6-7-13-32(29)34-15-9-8-14-33(30)34/h6-26H,1-5H3. The fourth-order valence-electron chi connectivity index (χ4n) is 5.94. The van der Waals surface area contributed by atoms with Crippen LogP contribution in [0.15, 0.2) is 125 Å². The van der Waals surface area contributed by atoms with Gasteiger partial charge in [-0.3, -0.25) is 4.99 Å². The fraction of sp³-hybridized carbons (Fsp3) is 0.171. The molecule has 7 aromatic rings. The van der Waals surface area contributed by atoms with Crippen molar-refractivity contribution in [1.82, 2.24) is 4.98 Å². The molecule has 0 aliphatic carbocycles. The SMILES string of the molecule is CC(C)c1ccc(-c2cc(C(C)(C)C)cc3oc(-c4ccccc4N=Cc4cc5ccccc5c5ccccc45)nc23)cc1. The van der Waals surface area contributed by atoms with Crippen LogP contribution in [0, 0.1) is 0 Å². The molecule has 3 heteroatoms. The zero-order valence-corrected chi connectivity index (χ0v) is 25.9. The summed E-state index contributed by atoms with van der Waals surface area (Å²) in [5, 5.41) is 4.85. The van der Waals surface area contributed by atoms with Crippen LogP contribution in [0.3, 0.4) is 0 Å². The van der Waals surface area contributed by atoms with E-state index in [1.54, 1.807) is 0 Å². The monoisotopic (exact) mass is 572 g/mol. The molecule has 0 radical (unpaired) electrons. The van der Waals surface area contributed by atoms with E-state index in [0.717, 1.165) is 39.0 Å². The van der Waals surface area contributed by atoms with Crippen LogP contribution in [-0.4, -0.2) is 11.2 Å². The number of hydrogen-bond acceptors (Lipinski definition) is 3. The molecule has 0 bridgehead atoms. The minimum absolute atomic E-state index is 0.0431. The second kappa shape index (κ2) is 10.9. The summed E-state index contributed by atoms with van der Waals surface area (Å²) < 4.78 is 6.55. The summed E-state index contributed by atoms with van der Waals surface area (Å²) in [4.78, 5) is 10.1. The lowest BCUT2D eigenvalue weighted by atomic mass is 9.85. The maximum atomic E-state index is 6.55. The zero-order chi connectivity index (χ0) is 30.4. The molecular weight excluding hydrogens is 536 g/mol. The van der Waals surface area contributed by atoms with Crippen LogP contribution in [0.25, 0.3) is 55.2 Å². The van der Waals surface area contributed by atoms with Crippen LogP contribution in [0.2, 0.25) is 0 Å². The second-order valence-electron chi connectivity index (χ2n) is 12.9. The first-order valence-corrected chi connectivity index (χ1v) is 15.4. The van der Waals surface area contributed by atoms with Gasteiger partial charge in [0.1, 0.15) is 5.52 Å². The Morgan fingerprint density at radius 1 is 0.705 bits per heavy atom. The molecule has 1 heterocycles. The average Bonchev–Trinajstić information content (AvgIpc) is 3.47. The molecule has 6 aromatic carbocycles. The topological polar surface area (TPSA) is 38.4 Å². The first kappa shape index (κ1) is 27.8. The van der Waals surface area contributed by atoms with Gasteiger partial charge in [-0.15, -0.1) is 0 Å². The van der Waals surface area contributed by atoms with E-state index in [0.29, 0.717) is 11.8 Å². The summed E-state index contributed by atoms with van der Waals surface area (Å²) in [5.41, 5.74) is 9.13. The van der Waals surface area contributed by atoms with E-state index in [4.69, 9.17) is 14.4 Å². The molecule has 0 fully saturated rings. The lowest BCUT2D eigenvalue weighted by Gasteiger charge is -2.20. The van der Waals surface area contributed by atoms with E-state index in [9.17, 15) is 0 Å². The van der Waals surface area contributed by atoms with Gasteiger partial charge in [-0.05, 0) is 79.9 Å². The highest BCUT2D eigenvalue weighted by molar-refractivity contribution is 6.14. The van der Waals surface area contributed by atoms with Crippen molar-refractivity contribution in [3.8, 4) is 22.6 Å². The molecule has 0 spiro atoms. The third-order valence-electron chi connectivity index (χ3n) is 8.53. The normalized spacial score (nSPS) is 12.3. The van der Waals surface area contributed by atoms with Gasteiger partial charge in [-0.1, -0.05) is 120 Å². The van der Waals surface area contributed by atoms with Crippen LogP contribution < -0.4 is 0 Å². The zero-order valence-electron chi connectivity index (χ0n) is 25.9. The number of para-hydroxylation sites is 1. The Hall–Kier alpha value is -5.02. The van der Waals surface area contributed by atoms with E-state index in [-0.39, 0.29) is 5.41 Å². The molecule has 44 heavy (non-hydrogen) atoms. The quantitative estimate of drug-likeness (QED) is 0.152. The lowest BCUT2D eigenvalue weighted by molar-refractivity contribution is 0.584. The maximum Gasteiger partial charge on any atom is 0.229 e. The van der Waals surface area contributed by atoms with E-state index in [1.165, 1.54) is 32.7 Å². The highest BCUT2D eigenvalue weighted by Crippen LogP contribution is 2.39. The number of fused-ring (bicyclic) bond motifs is 4. The van der Waals surface area contributed by atoms with Crippen molar-refractivity contribution >= 4 is 44.5 Å². The van der Waals surface area contributed by atoms with Crippen molar-refractivity contribution < 1.29 is 4.42 Å². The van der Waals surface area contributed by atoms with Gasteiger partial charge < -0.3 is 4.42 Å². The molecule has 0 amide bonds. The number of hydrogen-bond donors (Lipinski definition) is 0. The smallest absolute Gasteiger partial charge is 0.229 e. The third-order valence-corrected chi connectivity index (χ3v) is 8.53. The highest BCUT2D eigenvalue weighted by Gasteiger charge is 2.21. The van der Waals surface area contributed by atoms with Crippen molar-refractivity contribution in [2.24, 2.45) is 4.99 Å². The Morgan fingerprint density at radius 2 is 1.39 bits per heavy atom. The summed E-state index contributed by atoms with van der Waals surface area (Å²) in [6.45, 7) is 11.1.